The third kappa shape index (κ3) is 2.61. The van der Waals surface area contributed by atoms with Gasteiger partial charge in [-0.2, -0.15) is 0 Å². The highest BCUT2D eigenvalue weighted by Crippen LogP contribution is 2.65. The summed E-state index contributed by atoms with van der Waals surface area (Å²) >= 11 is 0. The number of nitrogens with zero attached hydrogens (tertiary/aromatic N) is 1. The Morgan fingerprint density at radius 1 is 1.12 bits per heavy atom. The molecule has 0 aromatic heterocycles. The Morgan fingerprint density at radius 3 is 2.78 bits per heavy atom. The van der Waals surface area contributed by atoms with E-state index in [4.69, 9.17) is 15.2 Å². The molecule has 5 atom stereocenters. The van der Waals surface area contributed by atoms with Gasteiger partial charge in [0.2, 0.25) is 0 Å². The third-order valence-corrected chi connectivity index (χ3v) is 8.55. The van der Waals surface area contributed by atoms with Gasteiger partial charge in [0.25, 0.3) is 0 Å². The van der Waals surface area contributed by atoms with Crippen LogP contribution in [0.5, 0.6) is 11.5 Å². The lowest BCUT2D eigenvalue weighted by molar-refractivity contribution is -0.0381. The summed E-state index contributed by atoms with van der Waals surface area (Å²) in [6.07, 6.45) is 3.98. The van der Waals surface area contributed by atoms with E-state index >= 15 is 4.39 Å². The van der Waals surface area contributed by atoms with Crippen molar-refractivity contribution in [2.45, 2.75) is 68.5 Å². The van der Waals surface area contributed by atoms with Crippen LogP contribution >= 0.6 is 0 Å². The molecule has 32 heavy (non-hydrogen) atoms. The monoisotopic (exact) mass is 433 g/mol. The molecule has 7 rings (SSSR count). The fraction of sp³-hybridized carbons (Fsp3) is 0.519. The second-order valence-electron chi connectivity index (χ2n) is 10.4. The van der Waals surface area contributed by atoms with Crippen LogP contribution in [0.1, 0.15) is 42.4 Å². The number of hydrogen-bond acceptors (Lipinski definition) is 4. The highest BCUT2D eigenvalue weighted by molar-refractivity contribution is 5.65. The van der Waals surface area contributed by atoms with Crippen molar-refractivity contribution in [3.63, 3.8) is 0 Å². The Hall–Kier alpha value is -2.11. The molecule has 0 amide bonds. The first-order valence-corrected chi connectivity index (χ1v) is 12.2. The van der Waals surface area contributed by atoms with Crippen LogP contribution in [0.2, 0.25) is 0 Å². The molecule has 1 saturated heterocycles. The van der Waals surface area contributed by atoms with Crippen molar-refractivity contribution in [2.24, 2.45) is 11.7 Å². The van der Waals surface area contributed by atoms with Crippen LogP contribution in [0, 0.1) is 11.8 Å². The van der Waals surface area contributed by atoms with Crippen molar-refractivity contribution in [2.75, 3.05) is 13.1 Å². The molecule has 4 nitrogen and oxygen atoms in total. The molecule has 2 aromatic rings. The maximum atomic E-state index is 16.4. The molecule has 2 saturated carbocycles. The first-order valence-electron chi connectivity index (χ1n) is 12.2. The molecule has 2 aliphatic heterocycles. The summed E-state index contributed by atoms with van der Waals surface area (Å²) in [4.78, 5) is 2.44. The molecule has 5 aliphatic rings. The summed E-state index contributed by atoms with van der Waals surface area (Å²) in [5, 5.41) is 0. The van der Waals surface area contributed by atoms with Crippen molar-refractivity contribution >= 4 is 0 Å². The molecule has 3 aliphatic carbocycles. The maximum absolute atomic E-state index is 16.4. The van der Waals surface area contributed by atoms with Crippen LogP contribution < -0.4 is 15.2 Å². The number of alkyl halides is 1. The maximum Gasteiger partial charge on any atom is 0.166 e. The number of nitrogens with two attached hydrogens (primary N) is 1. The number of halogens is 1. The van der Waals surface area contributed by atoms with E-state index in [-0.39, 0.29) is 12.1 Å². The number of hydrogen-bond donors (Lipinski definition) is 1. The smallest absolute Gasteiger partial charge is 0.166 e. The minimum atomic E-state index is -0.992. The SMILES string of the molecule is N[C@@H]1CC[C]2[C@H]3Cc4ccc(OCc5ccccc5)c5c4[C@]2([C@@H](F)CN3CC2CC2)[C@H]1O5. The minimum Gasteiger partial charge on any atom is -0.485 e. The molecule has 1 radical (unpaired) electrons. The Kier molecular flexibility index (Phi) is 4.20. The van der Waals surface area contributed by atoms with Gasteiger partial charge in [0.1, 0.15) is 18.9 Å². The average Bonchev–Trinajstić information content (AvgIpc) is 3.55. The van der Waals surface area contributed by atoms with Gasteiger partial charge in [0.15, 0.2) is 11.5 Å². The third-order valence-electron chi connectivity index (χ3n) is 8.55. The Labute approximate surface area is 188 Å². The minimum absolute atomic E-state index is 0.159. The fourth-order valence-corrected chi connectivity index (χ4v) is 6.98. The number of ether oxygens (including phenoxy) is 2. The summed E-state index contributed by atoms with van der Waals surface area (Å²) in [6.45, 7) is 1.99. The molecule has 5 heteroatoms. The van der Waals surface area contributed by atoms with Crippen LogP contribution in [-0.4, -0.2) is 42.3 Å². The van der Waals surface area contributed by atoms with Crippen LogP contribution in [-0.2, 0) is 18.4 Å². The van der Waals surface area contributed by atoms with Crippen LogP contribution in [0.3, 0.4) is 0 Å². The van der Waals surface area contributed by atoms with Gasteiger partial charge in [-0.25, -0.2) is 4.39 Å². The van der Waals surface area contributed by atoms with E-state index < -0.39 is 11.6 Å². The van der Waals surface area contributed by atoms with Gasteiger partial charge in [-0.15, -0.1) is 0 Å². The number of piperidine rings is 1. The van der Waals surface area contributed by atoms with Gasteiger partial charge in [0.05, 0.1) is 5.41 Å². The Bertz CT molecular complexity index is 1040. The average molecular weight is 434 g/mol. The molecule has 3 fully saturated rings. The number of rotatable bonds is 5. The zero-order valence-electron chi connectivity index (χ0n) is 18.3. The Morgan fingerprint density at radius 2 is 1.97 bits per heavy atom. The second-order valence-corrected chi connectivity index (χ2v) is 10.4. The van der Waals surface area contributed by atoms with Gasteiger partial charge in [-0.3, -0.25) is 4.90 Å². The van der Waals surface area contributed by atoms with Gasteiger partial charge < -0.3 is 15.2 Å². The lowest BCUT2D eigenvalue weighted by Crippen LogP contribution is -2.72. The molecule has 2 N–H and O–H groups in total. The largest absolute Gasteiger partial charge is 0.485 e. The van der Waals surface area contributed by atoms with Crippen molar-refractivity contribution in [1.82, 2.24) is 4.90 Å². The van der Waals surface area contributed by atoms with E-state index in [1.54, 1.807) is 0 Å². The molecule has 1 spiro atoms. The molecule has 167 valence electrons. The normalized spacial score (nSPS) is 35.3. The van der Waals surface area contributed by atoms with E-state index in [9.17, 15) is 0 Å². The van der Waals surface area contributed by atoms with Crippen molar-refractivity contribution in [3.05, 3.63) is 65.1 Å². The fourth-order valence-electron chi connectivity index (χ4n) is 6.98. The predicted molar refractivity (Wildman–Crippen MR) is 120 cm³/mol. The van der Waals surface area contributed by atoms with Crippen molar-refractivity contribution in [1.29, 1.82) is 0 Å². The first kappa shape index (κ1) is 19.4. The number of likely N-dealkylation sites (tertiary alicyclic amines) is 1. The van der Waals surface area contributed by atoms with E-state index in [1.807, 2.05) is 24.3 Å². The lowest BCUT2D eigenvalue weighted by atomic mass is 9.50. The zero-order chi connectivity index (χ0) is 21.4. The topological polar surface area (TPSA) is 47.7 Å². The summed E-state index contributed by atoms with van der Waals surface area (Å²) < 4.78 is 29.2. The van der Waals surface area contributed by atoms with Crippen LogP contribution in [0.25, 0.3) is 0 Å². The predicted octanol–water partition coefficient (Wildman–Crippen LogP) is 3.95. The van der Waals surface area contributed by atoms with Crippen molar-refractivity contribution < 1.29 is 13.9 Å². The summed E-state index contributed by atoms with van der Waals surface area (Å²) in [7, 11) is 0. The molecule has 2 heterocycles. The highest BCUT2D eigenvalue weighted by atomic mass is 19.1. The summed E-state index contributed by atoms with van der Waals surface area (Å²) in [5.74, 6) is 3.56. The molecule has 2 aromatic carbocycles. The lowest BCUT2D eigenvalue weighted by Gasteiger charge is -2.60. The number of benzene rings is 2. The van der Waals surface area contributed by atoms with Crippen molar-refractivity contribution in [3.8, 4) is 11.5 Å². The van der Waals surface area contributed by atoms with E-state index in [2.05, 4.69) is 23.1 Å². The summed E-state index contributed by atoms with van der Waals surface area (Å²) in [5.41, 5.74) is 9.29. The van der Waals surface area contributed by atoms with Gasteiger partial charge in [0, 0.05) is 36.7 Å². The van der Waals surface area contributed by atoms with Crippen LogP contribution in [0.15, 0.2) is 42.5 Å². The standard InChI is InChI=1S/C27H30FN2O2/c28-23-14-30(13-16-6-7-16)21-12-18-8-11-22(31-15-17-4-2-1-3-5-17)25-24(18)27(23)19(21)9-10-20(29)26(27)32-25/h1-5,8,11,16,20-21,23,26H,6-7,9-10,12-15,29H2/t20-,21-,23+,26+,27+/m1/s1. The van der Waals surface area contributed by atoms with E-state index in [0.717, 1.165) is 48.6 Å². The van der Waals surface area contributed by atoms with Gasteiger partial charge >= 0.3 is 0 Å². The molecular formula is C27H30FN2O2. The first-order chi connectivity index (χ1) is 15.7. The van der Waals surface area contributed by atoms with E-state index in [0.29, 0.717) is 24.9 Å². The zero-order valence-corrected chi connectivity index (χ0v) is 18.3. The quantitative estimate of drug-likeness (QED) is 0.776. The van der Waals surface area contributed by atoms with Crippen LogP contribution in [0.4, 0.5) is 4.39 Å². The molecular weight excluding hydrogens is 403 g/mol. The molecule has 0 unspecified atom stereocenters. The van der Waals surface area contributed by atoms with Gasteiger partial charge in [-0.05, 0) is 55.2 Å². The Balaban J connectivity index is 1.31. The van der Waals surface area contributed by atoms with Gasteiger partial charge in [-0.1, -0.05) is 36.4 Å². The van der Waals surface area contributed by atoms with E-state index in [1.165, 1.54) is 24.3 Å². The molecule has 2 bridgehead atoms. The summed E-state index contributed by atoms with van der Waals surface area (Å²) in [6, 6.07) is 14.5. The highest BCUT2D eigenvalue weighted by Gasteiger charge is 2.70. The second kappa shape index (κ2) is 6.94.